The smallest absolute Gasteiger partial charge is 0.231 e. The molecule has 0 aliphatic carbocycles. The summed E-state index contributed by atoms with van der Waals surface area (Å²) in [6, 6.07) is 14.0. The molecular weight excluding hydrogens is 489 g/mol. The first-order chi connectivity index (χ1) is 18.5. The molecule has 1 saturated heterocycles. The lowest BCUT2D eigenvalue weighted by atomic mass is 10.1. The lowest BCUT2D eigenvalue weighted by molar-refractivity contribution is -0.110. The van der Waals surface area contributed by atoms with E-state index in [0.29, 0.717) is 37.6 Å². The van der Waals surface area contributed by atoms with Gasteiger partial charge in [0.05, 0.1) is 24.6 Å². The number of nitrogen functional groups attached to an aromatic ring is 1. The number of nitrogens with zero attached hydrogens (tertiary/aromatic N) is 4. The molecule has 2 aliphatic heterocycles. The van der Waals surface area contributed by atoms with Crippen molar-refractivity contribution in [1.82, 2.24) is 14.8 Å². The number of pyridine rings is 1. The van der Waals surface area contributed by atoms with Gasteiger partial charge in [0, 0.05) is 50.5 Å². The van der Waals surface area contributed by atoms with E-state index in [-0.39, 0.29) is 31.1 Å². The fourth-order valence-corrected chi connectivity index (χ4v) is 4.76. The number of hydrogen-bond donors (Lipinski definition) is 1. The predicted molar refractivity (Wildman–Crippen MR) is 142 cm³/mol. The van der Waals surface area contributed by atoms with Crippen molar-refractivity contribution in [3.8, 4) is 23.1 Å². The van der Waals surface area contributed by atoms with Crippen molar-refractivity contribution < 1.29 is 23.4 Å². The number of benzene rings is 2. The number of carbonyl (C=O) groups excluding carboxylic acids is 1. The summed E-state index contributed by atoms with van der Waals surface area (Å²) in [7, 11) is 0. The predicted octanol–water partition coefficient (Wildman–Crippen LogP) is 3.66. The van der Waals surface area contributed by atoms with Gasteiger partial charge in [-0.15, -0.1) is 6.58 Å². The number of hydrogen-bond acceptors (Lipinski definition) is 9. The number of rotatable bonds is 10. The summed E-state index contributed by atoms with van der Waals surface area (Å²) in [5.74, 6) is 1.28. The molecule has 198 valence electrons. The molecule has 2 aromatic carbocycles. The SMILES string of the molecule is C=CCN(c1ccc(Oc2ccc(N)cn2)c(F)c1)C1CN(Cc2ccc3c(c2)OCO3)CCN1CC=O. The van der Waals surface area contributed by atoms with E-state index >= 15 is 4.39 Å². The van der Waals surface area contributed by atoms with Gasteiger partial charge in [0.1, 0.15) is 6.29 Å². The Morgan fingerprint density at radius 3 is 2.79 bits per heavy atom. The second-order valence-electron chi connectivity index (χ2n) is 9.15. The zero-order valence-electron chi connectivity index (χ0n) is 21.0. The summed E-state index contributed by atoms with van der Waals surface area (Å²) in [4.78, 5) is 22.0. The van der Waals surface area contributed by atoms with E-state index < -0.39 is 5.82 Å². The van der Waals surface area contributed by atoms with Crippen LogP contribution in [-0.4, -0.2) is 66.8 Å². The fourth-order valence-electron chi connectivity index (χ4n) is 4.76. The molecule has 0 bridgehead atoms. The van der Waals surface area contributed by atoms with Crippen molar-refractivity contribution in [3.63, 3.8) is 0 Å². The van der Waals surface area contributed by atoms with Gasteiger partial charge in [0.2, 0.25) is 12.7 Å². The highest BCUT2D eigenvalue weighted by atomic mass is 19.1. The Balaban J connectivity index is 1.35. The third-order valence-electron chi connectivity index (χ3n) is 6.61. The highest BCUT2D eigenvalue weighted by Crippen LogP contribution is 2.34. The van der Waals surface area contributed by atoms with Gasteiger partial charge < -0.3 is 29.6 Å². The van der Waals surface area contributed by atoms with Crippen molar-refractivity contribution in [2.24, 2.45) is 0 Å². The standard InChI is InChI=1S/C28H30FN5O4/c1-2-9-34(22-5-7-24(23(29)15-22)38-27-8-4-21(30)16-31-27)28-18-32(10-11-33(28)12-13-35)17-20-3-6-25-26(14-20)37-19-36-25/h2-8,13-16,28H,1,9-12,17-19,30H2. The van der Waals surface area contributed by atoms with Gasteiger partial charge in [-0.3, -0.25) is 9.80 Å². The van der Waals surface area contributed by atoms with Gasteiger partial charge in [-0.25, -0.2) is 9.37 Å². The maximum atomic E-state index is 15.2. The maximum Gasteiger partial charge on any atom is 0.231 e. The zero-order valence-corrected chi connectivity index (χ0v) is 21.0. The fraction of sp³-hybridized carbons (Fsp3) is 0.286. The monoisotopic (exact) mass is 519 g/mol. The van der Waals surface area contributed by atoms with E-state index in [1.165, 1.54) is 12.3 Å². The molecule has 0 radical (unpaired) electrons. The first kappa shape index (κ1) is 25.5. The topological polar surface area (TPSA) is 93.4 Å². The molecule has 9 nitrogen and oxygen atoms in total. The molecule has 38 heavy (non-hydrogen) atoms. The molecule has 2 aliphatic rings. The van der Waals surface area contributed by atoms with Crippen molar-refractivity contribution in [2.45, 2.75) is 12.7 Å². The molecule has 1 atom stereocenters. The average molecular weight is 520 g/mol. The van der Waals surface area contributed by atoms with Crippen LogP contribution in [0.15, 0.2) is 67.4 Å². The highest BCUT2D eigenvalue weighted by molar-refractivity contribution is 5.54. The minimum Gasteiger partial charge on any atom is -0.454 e. The average Bonchev–Trinajstić information content (AvgIpc) is 3.39. The molecule has 3 aromatic rings. The Labute approximate surface area is 220 Å². The summed E-state index contributed by atoms with van der Waals surface area (Å²) >= 11 is 0. The van der Waals surface area contributed by atoms with Crippen molar-refractivity contribution >= 4 is 17.7 Å². The third-order valence-corrected chi connectivity index (χ3v) is 6.61. The molecule has 1 unspecified atom stereocenters. The number of anilines is 2. The number of ether oxygens (including phenoxy) is 3. The molecule has 2 N–H and O–H groups in total. The summed E-state index contributed by atoms with van der Waals surface area (Å²) in [6.45, 7) is 7.72. The van der Waals surface area contributed by atoms with Crippen LogP contribution in [0.2, 0.25) is 0 Å². The number of aldehydes is 1. The van der Waals surface area contributed by atoms with Crippen molar-refractivity contribution in [3.05, 3.63) is 78.8 Å². The molecule has 0 amide bonds. The Kier molecular flexibility index (Phi) is 7.71. The summed E-state index contributed by atoms with van der Waals surface area (Å²) in [6.07, 6.45) is 3.96. The van der Waals surface area contributed by atoms with Gasteiger partial charge in [-0.05, 0) is 35.9 Å². The largest absolute Gasteiger partial charge is 0.454 e. The van der Waals surface area contributed by atoms with Crippen molar-refractivity contribution in [2.75, 3.05) is 50.2 Å². The minimum atomic E-state index is -0.523. The Hall–Kier alpha value is -4.15. The van der Waals surface area contributed by atoms with Crippen molar-refractivity contribution in [1.29, 1.82) is 0 Å². The lowest BCUT2D eigenvalue weighted by Gasteiger charge is -2.46. The van der Waals surface area contributed by atoms with Gasteiger partial charge in [0.25, 0.3) is 0 Å². The van der Waals surface area contributed by atoms with E-state index in [4.69, 9.17) is 19.9 Å². The molecule has 0 spiro atoms. The van der Waals surface area contributed by atoms with E-state index in [1.54, 1.807) is 30.3 Å². The molecule has 5 rings (SSSR count). The second kappa shape index (κ2) is 11.5. The number of piperazine rings is 1. The first-order valence-electron chi connectivity index (χ1n) is 12.4. The van der Waals surface area contributed by atoms with Gasteiger partial charge in [-0.2, -0.15) is 0 Å². The van der Waals surface area contributed by atoms with Crippen LogP contribution in [0.25, 0.3) is 0 Å². The molecule has 3 heterocycles. The van der Waals surface area contributed by atoms with Crippen LogP contribution in [0, 0.1) is 5.82 Å². The minimum absolute atomic E-state index is 0.0578. The third kappa shape index (κ3) is 5.71. The van der Waals surface area contributed by atoms with Crippen LogP contribution >= 0.6 is 0 Å². The summed E-state index contributed by atoms with van der Waals surface area (Å²) in [5.41, 5.74) is 7.92. The summed E-state index contributed by atoms with van der Waals surface area (Å²) in [5, 5.41) is 0. The number of fused-ring (bicyclic) bond motifs is 1. The normalized spacial score (nSPS) is 17.2. The van der Waals surface area contributed by atoms with E-state index in [0.717, 1.165) is 29.9 Å². The second-order valence-corrected chi connectivity index (χ2v) is 9.15. The molecule has 1 aromatic heterocycles. The van der Waals surface area contributed by atoms with Crippen LogP contribution in [-0.2, 0) is 11.3 Å². The van der Waals surface area contributed by atoms with Crippen LogP contribution in [0.4, 0.5) is 15.8 Å². The number of carbonyl (C=O) groups is 1. The van der Waals surface area contributed by atoms with E-state index in [9.17, 15) is 4.79 Å². The quantitative estimate of drug-likeness (QED) is 0.318. The highest BCUT2D eigenvalue weighted by Gasteiger charge is 2.32. The van der Waals surface area contributed by atoms with Gasteiger partial charge in [-0.1, -0.05) is 12.1 Å². The lowest BCUT2D eigenvalue weighted by Crippen LogP contribution is -2.60. The van der Waals surface area contributed by atoms with Crippen LogP contribution in [0.3, 0.4) is 0 Å². The number of halogens is 1. The van der Waals surface area contributed by atoms with Crippen LogP contribution in [0.1, 0.15) is 5.56 Å². The van der Waals surface area contributed by atoms with E-state index in [2.05, 4.69) is 26.3 Å². The number of nitrogens with two attached hydrogens (primary N) is 1. The van der Waals surface area contributed by atoms with E-state index in [1.807, 2.05) is 18.2 Å². The summed E-state index contributed by atoms with van der Waals surface area (Å²) < 4.78 is 31.7. The van der Waals surface area contributed by atoms with Crippen LogP contribution < -0.4 is 24.8 Å². The Bertz CT molecular complexity index is 1290. The Morgan fingerprint density at radius 1 is 1.16 bits per heavy atom. The molecule has 1 fully saturated rings. The Morgan fingerprint density at radius 2 is 2.03 bits per heavy atom. The maximum absolute atomic E-state index is 15.2. The zero-order chi connectivity index (χ0) is 26.5. The van der Waals surface area contributed by atoms with Gasteiger partial charge >= 0.3 is 0 Å². The van der Waals surface area contributed by atoms with Crippen LogP contribution in [0.5, 0.6) is 23.1 Å². The number of aromatic nitrogens is 1. The molecule has 10 heteroatoms. The molecular formula is C28H30FN5O4. The first-order valence-corrected chi connectivity index (χ1v) is 12.4. The molecule has 0 saturated carbocycles. The van der Waals surface area contributed by atoms with Gasteiger partial charge in [0.15, 0.2) is 23.1 Å².